The average molecular weight is 263 g/mol. The van der Waals surface area contributed by atoms with Crippen LogP contribution in [0.5, 0.6) is 0 Å². The fourth-order valence-electron chi connectivity index (χ4n) is 1.38. The van der Waals surface area contributed by atoms with Crippen molar-refractivity contribution >= 4 is 11.8 Å². The molecule has 0 saturated carbocycles. The molecule has 1 atom stereocenters. The van der Waals surface area contributed by atoms with E-state index in [9.17, 15) is 13.2 Å². The molecule has 0 bridgehead atoms. The van der Waals surface area contributed by atoms with Crippen LogP contribution in [0.2, 0.25) is 0 Å². The lowest BCUT2D eigenvalue weighted by atomic mass is 9.83. The van der Waals surface area contributed by atoms with E-state index in [1.807, 2.05) is 20.8 Å². The molecule has 0 aliphatic rings. The van der Waals surface area contributed by atoms with Crippen molar-refractivity contribution in [3.63, 3.8) is 0 Å². The molecule has 2 N–H and O–H groups in total. The Kier molecular flexibility index (Phi) is 4.15. The van der Waals surface area contributed by atoms with E-state index in [0.717, 1.165) is 5.56 Å². The minimum atomic E-state index is -4.24. The van der Waals surface area contributed by atoms with Gasteiger partial charge in [0, 0.05) is 10.9 Å². The first-order valence-corrected chi connectivity index (χ1v) is 6.02. The molecule has 0 heterocycles. The van der Waals surface area contributed by atoms with Crippen LogP contribution in [-0.4, -0.2) is 5.51 Å². The van der Waals surface area contributed by atoms with Gasteiger partial charge >= 0.3 is 5.51 Å². The molecule has 0 spiro atoms. The summed E-state index contributed by atoms with van der Waals surface area (Å²) in [5.41, 5.74) is 2.52. The molecule has 1 aromatic carbocycles. The van der Waals surface area contributed by atoms with E-state index in [1.165, 1.54) is 12.1 Å². The van der Waals surface area contributed by atoms with Crippen LogP contribution < -0.4 is 5.73 Å². The summed E-state index contributed by atoms with van der Waals surface area (Å²) in [7, 11) is 0. The summed E-state index contributed by atoms with van der Waals surface area (Å²) in [6, 6.07) is 6.04. The van der Waals surface area contributed by atoms with Gasteiger partial charge in [0.2, 0.25) is 0 Å². The molecule has 0 aliphatic carbocycles. The van der Waals surface area contributed by atoms with Crippen molar-refractivity contribution in [1.82, 2.24) is 0 Å². The summed E-state index contributed by atoms with van der Waals surface area (Å²) in [6.07, 6.45) is 0. The smallest absolute Gasteiger partial charge is 0.324 e. The van der Waals surface area contributed by atoms with E-state index in [-0.39, 0.29) is 28.1 Å². The Bertz CT molecular complexity index is 365. The zero-order valence-corrected chi connectivity index (χ0v) is 10.8. The molecule has 0 radical (unpaired) electrons. The Labute approximate surface area is 104 Å². The predicted octanol–water partition coefficient (Wildman–Crippen LogP) is 4.34. The zero-order chi connectivity index (χ0) is 13.3. The lowest BCUT2D eigenvalue weighted by Crippen LogP contribution is -2.26. The molecule has 1 nitrogen and oxygen atoms in total. The predicted molar refractivity (Wildman–Crippen MR) is 64.7 cm³/mol. The lowest BCUT2D eigenvalue weighted by Gasteiger charge is -2.27. The van der Waals surface area contributed by atoms with E-state index in [2.05, 4.69) is 0 Å². The number of nitrogens with two attached hydrogens (primary N) is 1. The van der Waals surface area contributed by atoms with Crippen LogP contribution in [0.25, 0.3) is 0 Å². The first-order chi connectivity index (χ1) is 7.59. The Hall–Kier alpha value is -0.680. The normalized spacial score (nSPS) is 14.8. The number of benzene rings is 1. The number of thioether (sulfide) groups is 1. The molecule has 17 heavy (non-hydrogen) atoms. The minimum absolute atomic E-state index is 0.112. The van der Waals surface area contributed by atoms with Crippen LogP contribution in [0.15, 0.2) is 29.2 Å². The van der Waals surface area contributed by atoms with Gasteiger partial charge in [-0.25, -0.2) is 0 Å². The highest BCUT2D eigenvalue weighted by Crippen LogP contribution is 2.38. The molecular formula is C12H16F3NS. The Balaban J connectivity index is 2.82. The minimum Gasteiger partial charge on any atom is -0.324 e. The summed E-state index contributed by atoms with van der Waals surface area (Å²) >= 11 is -0.112. The highest BCUT2D eigenvalue weighted by atomic mass is 32.2. The number of hydrogen-bond acceptors (Lipinski definition) is 2. The standard InChI is InChI=1S/C12H16F3NS/c1-11(2,3)10(16)8-4-6-9(7-5-8)17-12(13,14)15/h4-7,10H,16H2,1-3H3/t10-/m1/s1. The maximum atomic E-state index is 12.1. The van der Waals surface area contributed by atoms with Crippen molar-refractivity contribution in [2.75, 3.05) is 0 Å². The van der Waals surface area contributed by atoms with Crippen molar-refractivity contribution < 1.29 is 13.2 Å². The largest absolute Gasteiger partial charge is 0.446 e. The maximum Gasteiger partial charge on any atom is 0.446 e. The molecule has 0 fully saturated rings. The highest BCUT2D eigenvalue weighted by molar-refractivity contribution is 8.00. The highest BCUT2D eigenvalue weighted by Gasteiger charge is 2.29. The fraction of sp³-hybridized carbons (Fsp3) is 0.500. The van der Waals surface area contributed by atoms with Gasteiger partial charge in [-0.3, -0.25) is 0 Å². The molecule has 0 unspecified atom stereocenters. The molecule has 5 heteroatoms. The van der Waals surface area contributed by atoms with E-state index >= 15 is 0 Å². The third-order valence-corrected chi connectivity index (χ3v) is 3.15. The van der Waals surface area contributed by atoms with Gasteiger partial charge in [-0.05, 0) is 34.9 Å². The van der Waals surface area contributed by atoms with Crippen LogP contribution >= 0.6 is 11.8 Å². The molecule has 0 aliphatic heterocycles. The van der Waals surface area contributed by atoms with E-state index in [0.29, 0.717) is 0 Å². The van der Waals surface area contributed by atoms with Gasteiger partial charge < -0.3 is 5.73 Å². The van der Waals surface area contributed by atoms with E-state index < -0.39 is 5.51 Å². The summed E-state index contributed by atoms with van der Waals surface area (Å²) in [5.74, 6) is 0. The molecule has 0 aromatic heterocycles. The molecule has 96 valence electrons. The number of alkyl halides is 3. The first kappa shape index (κ1) is 14.4. The van der Waals surface area contributed by atoms with Gasteiger partial charge in [0.25, 0.3) is 0 Å². The van der Waals surface area contributed by atoms with E-state index in [1.54, 1.807) is 12.1 Å². The van der Waals surface area contributed by atoms with Crippen LogP contribution in [0.4, 0.5) is 13.2 Å². The van der Waals surface area contributed by atoms with Crippen molar-refractivity contribution in [3.8, 4) is 0 Å². The Morgan fingerprint density at radius 1 is 1.06 bits per heavy atom. The topological polar surface area (TPSA) is 26.0 Å². The van der Waals surface area contributed by atoms with Crippen LogP contribution in [0.3, 0.4) is 0 Å². The Morgan fingerprint density at radius 2 is 1.53 bits per heavy atom. The number of halogens is 3. The van der Waals surface area contributed by atoms with Gasteiger partial charge in [-0.2, -0.15) is 13.2 Å². The zero-order valence-electron chi connectivity index (χ0n) is 10.0. The second-order valence-corrected chi connectivity index (χ2v) is 6.10. The van der Waals surface area contributed by atoms with Gasteiger partial charge in [-0.15, -0.1) is 0 Å². The summed E-state index contributed by atoms with van der Waals surface area (Å²) in [5, 5.41) is 0. The van der Waals surface area contributed by atoms with Crippen molar-refractivity contribution in [2.45, 2.75) is 37.2 Å². The summed E-state index contributed by atoms with van der Waals surface area (Å²) in [6.45, 7) is 5.99. The first-order valence-electron chi connectivity index (χ1n) is 5.21. The van der Waals surface area contributed by atoms with Gasteiger partial charge in [0.1, 0.15) is 0 Å². The number of hydrogen-bond donors (Lipinski definition) is 1. The van der Waals surface area contributed by atoms with Crippen LogP contribution in [0.1, 0.15) is 32.4 Å². The van der Waals surface area contributed by atoms with Crippen LogP contribution in [-0.2, 0) is 0 Å². The number of rotatable bonds is 2. The molecule has 0 saturated heterocycles. The summed E-state index contributed by atoms with van der Waals surface area (Å²) in [4.78, 5) is 0.183. The molecule has 0 amide bonds. The Morgan fingerprint density at radius 3 is 1.88 bits per heavy atom. The third kappa shape index (κ3) is 4.60. The molecular weight excluding hydrogens is 247 g/mol. The maximum absolute atomic E-state index is 12.1. The van der Waals surface area contributed by atoms with Crippen molar-refractivity contribution in [3.05, 3.63) is 29.8 Å². The monoisotopic (exact) mass is 263 g/mol. The fourth-order valence-corrected chi connectivity index (χ4v) is 1.92. The third-order valence-electron chi connectivity index (χ3n) is 2.41. The average Bonchev–Trinajstić information content (AvgIpc) is 2.14. The molecule has 1 rings (SSSR count). The quantitative estimate of drug-likeness (QED) is 0.803. The van der Waals surface area contributed by atoms with Gasteiger partial charge in [0.05, 0.1) is 0 Å². The van der Waals surface area contributed by atoms with Crippen molar-refractivity contribution in [1.29, 1.82) is 0 Å². The SMILES string of the molecule is CC(C)(C)[C@H](N)c1ccc(SC(F)(F)F)cc1. The van der Waals surface area contributed by atoms with Crippen molar-refractivity contribution in [2.24, 2.45) is 11.1 Å². The molecule has 1 aromatic rings. The lowest BCUT2D eigenvalue weighted by molar-refractivity contribution is -0.0328. The second-order valence-electron chi connectivity index (χ2n) is 4.96. The van der Waals surface area contributed by atoms with Gasteiger partial charge in [-0.1, -0.05) is 32.9 Å². The van der Waals surface area contributed by atoms with Crippen LogP contribution in [0, 0.1) is 5.41 Å². The second kappa shape index (κ2) is 4.90. The van der Waals surface area contributed by atoms with Gasteiger partial charge in [0.15, 0.2) is 0 Å². The summed E-state index contributed by atoms with van der Waals surface area (Å²) < 4.78 is 36.4. The van der Waals surface area contributed by atoms with E-state index in [4.69, 9.17) is 5.73 Å².